The molecule has 1 spiro atoms. The third kappa shape index (κ3) is 3.85. The summed E-state index contributed by atoms with van der Waals surface area (Å²) in [4.78, 5) is 35.2. The predicted molar refractivity (Wildman–Crippen MR) is 112 cm³/mol. The van der Waals surface area contributed by atoms with Crippen LogP contribution in [0.3, 0.4) is 0 Å². The zero-order valence-corrected chi connectivity index (χ0v) is 19.3. The van der Waals surface area contributed by atoms with Gasteiger partial charge in [-0.15, -0.1) is 0 Å². The summed E-state index contributed by atoms with van der Waals surface area (Å²) in [6, 6.07) is 0. The van der Waals surface area contributed by atoms with Gasteiger partial charge in [0.25, 0.3) is 0 Å². The van der Waals surface area contributed by atoms with Gasteiger partial charge < -0.3 is 24.1 Å². The van der Waals surface area contributed by atoms with E-state index in [0.717, 1.165) is 19.3 Å². The van der Waals surface area contributed by atoms with E-state index in [0.29, 0.717) is 25.0 Å². The number of esters is 3. The van der Waals surface area contributed by atoms with Gasteiger partial charge in [0.15, 0.2) is 6.10 Å². The fraction of sp³-hybridized carbons (Fsp3) is 0.792. The minimum Gasteiger partial charge on any atom is -0.465 e. The van der Waals surface area contributed by atoms with E-state index in [4.69, 9.17) is 18.9 Å². The maximum atomic E-state index is 12.3. The molecular weight excluding hydrogens is 416 g/mol. The van der Waals surface area contributed by atoms with E-state index in [1.807, 2.05) is 13.0 Å². The number of cyclic esters (lactones) is 1. The summed E-state index contributed by atoms with van der Waals surface area (Å²) in [5.41, 5.74) is -0.556. The van der Waals surface area contributed by atoms with E-state index in [-0.39, 0.29) is 42.0 Å². The summed E-state index contributed by atoms with van der Waals surface area (Å²) in [6.07, 6.45) is 4.42. The molecule has 0 radical (unpaired) electrons. The molecule has 32 heavy (non-hydrogen) atoms. The first kappa shape index (κ1) is 23.2. The molecule has 0 aromatic carbocycles. The van der Waals surface area contributed by atoms with E-state index in [1.54, 1.807) is 0 Å². The van der Waals surface area contributed by atoms with Crippen molar-refractivity contribution in [3.63, 3.8) is 0 Å². The smallest absolute Gasteiger partial charge is 0.337 e. The van der Waals surface area contributed by atoms with Crippen LogP contribution >= 0.6 is 0 Å². The lowest BCUT2D eigenvalue weighted by molar-refractivity contribution is -0.187. The number of epoxide rings is 1. The van der Waals surface area contributed by atoms with Crippen LogP contribution < -0.4 is 0 Å². The molecule has 0 amide bonds. The number of carbonyl (C=O) groups excluding carboxylic acids is 3. The first-order valence-corrected chi connectivity index (χ1v) is 11.5. The number of rotatable bonds is 5. The van der Waals surface area contributed by atoms with E-state index in [2.05, 4.69) is 6.92 Å². The maximum absolute atomic E-state index is 12.3. The fourth-order valence-corrected chi connectivity index (χ4v) is 6.77. The monoisotopic (exact) mass is 450 g/mol. The van der Waals surface area contributed by atoms with Crippen molar-refractivity contribution in [1.82, 2.24) is 0 Å². The quantitative estimate of drug-likeness (QED) is 0.294. The second-order valence-corrected chi connectivity index (χ2v) is 10.4. The third-order valence-electron chi connectivity index (χ3n) is 8.53. The topological polar surface area (TPSA) is 112 Å². The molecule has 2 saturated carbocycles. The van der Waals surface area contributed by atoms with Crippen molar-refractivity contribution >= 4 is 17.9 Å². The van der Waals surface area contributed by atoms with Crippen LogP contribution in [-0.2, 0) is 33.3 Å². The second-order valence-electron chi connectivity index (χ2n) is 10.4. The van der Waals surface area contributed by atoms with E-state index in [9.17, 15) is 19.5 Å². The van der Waals surface area contributed by atoms with Crippen LogP contribution in [0.1, 0.15) is 59.8 Å². The number of carbonyl (C=O) groups is 3. The summed E-state index contributed by atoms with van der Waals surface area (Å²) >= 11 is 0. The van der Waals surface area contributed by atoms with Gasteiger partial charge in [-0.2, -0.15) is 0 Å². The molecule has 178 valence electrons. The largest absolute Gasteiger partial charge is 0.465 e. The number of allylic oxidation sites excluding steroid dienone is 1. The lowest BCUT2D eigenvalue weighted by atomic mass is 9.45. The Morgan fingerprint density at radius 3 is 2.53 bits per heavy atom. The molecular formula is C24H34O8. The standard InChI is InChI=1S/C24H34O8/c1-14(25)30-12-23(4)18-7-10-24(13-31-24)19(22(18,3)9-8-20(23)27)6-5-16-17(32-15(2)26)11-29-21(16)28/h5,17-20,27H,6-13H2,1-4H3/b16-5+/t17-,18?,19?,20-,22+,23+,24+/m1/s1. The Morgan fingerprint density at radius 1 is 1.19 bits per heavy atom. The van der Waals surface area contributed by atoms with Crippen molar-refractivity contribution in [2.45, 2.75) is 77.6 Å². The molecule has 2 aliphatic carbocycles. The zero-order chi connectivity index (χ0) is 23.3. The minimum absolute atomic E-state index is 0.0447. The molecule has 4 rings (SSSR count). The Bertz CT molecular complexity index is 830. The highest BCUT2D eigenvalue weighted by molar-refractivity contribution is 5.92. The van der Waals surface area contributed by atoms with Crippen molar-refractivity contribution in [2.24, 2.45) is 22.7 Å². The van der Waals surface area contributed by atoms with Gasteiger partial charge in [-0.05, 0) is 49.4 Å². The number of hydrogen-bond donors (Lipinski definition) is 1. The van der Waals surface area contributed by atoms with E-state index >= 15 is 0 Å². The van der Waals surface area contributed by atoms with Crippen LogP contribution in [0.4, 0.5) is 0 Å². The van der Waals surface area contributed by atoms with Crippen LogP contribution in [0.15, 0.2) is 11.6 Å². The molecule has 0 bridgehead atoms. The number of aliphatic hydroxyl groups excluding tert-OH is 1. The lowest BCUT2D eigenvalue weighted by Crippen LogP contribution is -2.60. The molecule has 2 aliphatic heterocycles. The zero-order valence-electron chi connectivity index (χ0n) is 19.3. The Labute approximate surface area is 188 Å². The molecule has 2 heterocycles. The highest BCUT2D eigenvalue weighted by atomic mass is 16.6. The second kappa shape index (κ2) is 8.13. The van der Waals surface area contributed by atoms with E-state index in [1.165, 1.54) is 13.8 Å². The first-order valence-electron chi connectivity index (χ1n) is 11.5. The normalized spacial score (nSPS) is 44.2. The SMILES string of the molecule is CC(=O)OC[C@@]1(C)C2CC[C@]3(CO3)C(C/C=C3/C(=O)OC[C@H]3OC(C)=O)[C@@]2(C)CC[C@H]1O. The average molecular weight is 451 g/mol. The third-order valence-corrected chi connectivity index (χ3v) is 8.53. The van der Waals surface area contributed by atoms with Gasteiger partial charge in [0.05, 0.1) is 30.5 Å². The Balaban J connectivity index is 1.62. The van der Waals surface area contributed by atoms with Crippen molar-refractivity contribution in [1.29, 1.82) is 0 Å². The molecule has 1 N–H and O–H groups in total. The van der Waals surface area contributed by atoms with Gasteiger partial charge >= 0.3 is 17.9 Å². The Kier molecular flexibility index (Phi) is 5.91. The number of aliphatic hydroxyl groups is 1. The number of fused-ring (bicyclic) bond motifs is 1. The average Bonchev–Trinajstić information content (AvgIpc) is 3.41. The van der Waals surface area contributed by atoms with Gasteiger partial charge in [0, 0.05) is 19.3 Å². The molecule has 7 atom stereocenters. The van der Waals surface area contributed by atoms with Gasteiger partial charge in [-0.3, -0.25) is 9.59 Å². The highest BCUT2D eigenvalue weighted by Crippen LogP contribution is 2.66. The predicted octanol–water partition coefficient (Wildman–Crippen LogP) is 2.32. The number of hydrogen-bond acceptors (Lipinski definition) is 8. The molecule has 0 aromatic rings. The molecule has 0 aromatic heterocycles. The summed E-state index contributed by atoms with van der Waals surface area (Å²) in [7, 11) is 0. The Morgan fingerprint density at radius 2 is 1.91 bits per heavy atom. The first-order chi connectivity index (χ1) is 15.0. The Hall–Kier alpha value is -1.93. The van der Waals surface area contributed by atoms with Crippen molar-refractivity contribution in [3.8, 4) is 0 Å². The maximum Gasteiger partial charge on any atom is 0.337 e. The van der Waals surface area contributed by atoms with Gasteiger partial charge in [-0.1, -0.05) is 19.9 Å². The molecule has 2 unspecified atom stereocenters. The van der Waals surface area contributed by atoms with Crippen molar-refractivity contribution in [3.05, 3.63) is 11.6 Å². The summed E-state index contributed by atoms with van der Waals surface area (Å²) < 4.78 is 21.8. The van der Waals surface area contributed by atoms with Crippen LogP contribution in [0.25, 0.3) is 0 Å². The molecule has 4 aliphatic rings. The van der Waals surface area contributed by atoms with Crippen LogP contribution in [0.5, 0.6) is 0 Å². The van der Waals surface area contributed by atoms with Gasteiger partial charge in [0.2, 0.25) is 0 Å². The molecule has 8 heteroatoms. The molecule has 4 fully saturated rings. The highest BCUT2D eigenvalue weighted by Gasteiger charge is 2.67. The van der Waals surface area contributed by atoms with Crippen molar-refractivity contribution < 1.29 is 38.4 Å². The lowest BCUT2D eigenvalue weighted by Gasteiger charge is -2.60. The molecule has 8 nitrogen and oxygen atoms in total. The van der Waals surface area contributed by atoms with Crippen LogP contribution in [0, 0.1) is 22.7 Å². The fourth-order valence-electron chi connectivity index (χ4n) is 6.77. The van der Waals surface area contributed by atoms with Gasteiger partial charge in [0.1, 0.15) is 6.61 Å². The van der Waals surface area contributed by atoms with E-state index < -0.39 is 29.6 Å². The van der Waals surface area contributed by atoms with Crippen LogP contribution in [0.2, 0.25) is 0 Å². The van der Waals surface area contributed by atoms with Crippen molar-refractivity contribution in [2.75, 3.05) is 19.8 Å². The minimum atomic E-state index is -0.675. The molecule has 2 saturated heterocycles. The summed E-state index contributed by atoms with van der Waals surface area (Å²) in [5, 5.41) is 10.9. The van der Waals surface area contributed by atoms with Crippen LogP contribution in [-0.4, -0.2) is 60.6 Å². The summed E-state index contributed by atoms with van der Waals surface area (Å²) in [5.74, 6) is -0.986. The van der Waals surface area contributed by atoms with Gasteiger partial charge in [-0.25, -0.2) is 4.79 Å². The number of ether oxygens (including phenoxy) is 4. The summed E-state index contributed by atoms with van der Waals surface area (Å²) in [6.45, 7) is 7.89.